The predicted octanol–water partition coefficient (Wildman–Crippen LogP) is 1.61. The molecule has 0 atom stereocenters. The van der Waals surface area contributed by atoms with E-state index in [4.69, 9.17) is 5.73 Å². The summed E-state index contributed by atoms with van der Waals surface area (Å²) in [5.74, 6) is -0.179. The number of esters is 1. The van der Waals surface area contributed by atoms with E-state index < -0.39 is 0 Å². The minimum absolute atomic E-state index is 0.0825. The number of nitrogens with one attached hydrogen (secondary N) is 1. The molecule has 0 aliphatic heterocycles. The summed E-state index contributed by atoms with van der Waals surface area (Å²) >= 11 is 0. The molecular weight excluding hydrogens is 268 g/mol. The highest BCUT2D eigenvalue weighted by Gasteiger charge is 2.24. The van der Waals surface area contributed by atoms with Gasteiger partial charge in [-0.05, 0) is 43.4 Å². The van der Waals surface area contributed by atoms with Crippen LogP contribution in [0.3, 0.4) is 0 Å². The molecule has 1 aliphatic carbocycles. The molecule has 1 aromatic rings. The van der Waals surface area contributed by atoms with Gasteiger partial charge in [0.05, 0.1) is 12.7 Å². The first kappa shape index (κ1) is 15.5. The molecule has 0 radical (unpaired) electrons. The molecule has 0 saturated heterocycles. The fourth-order valence-electron chi connectivity index (χ4n) is 2.59. The fraction of sp³-hybridized carbons (Fsp3) is 0.500. The Kier molecular flexibility index (Phi) is 5.33. The number of nitrogens with two attached hydrogens (primary N) is 1. The van der Waals surface area contributed by atoms with Crippen molar-refractivity contribution in [2.45, 2.75) is 38.3 Å². The normalized spacial score (nSPS) is 21.6. The van der Waals surface area contributed by atoms with E-state index in [-0.39, 0.29) is 23.8 Å². The number of benzene rings is 1. The molecule has 1 saturated carbocycles. The Morgan fingerprint density at radius 2 is 1.81 bits per heavy atom. The van der Waals surface area contributed by atoms with Crippen molar-refractivity contribution in [3.8, 4) is 0 Å². The molecule has 1 amide bonds. The Balaban J connectivity index is 1.82. The highest BCUT2D eigenvalue weighted by atomic mass is 16.5. The van der Waals surface area contributed by atoms with E-state index in [0.29, 0.717) is 12.1 Å². The van der Waals surface area contributed by atoms with Gasteiger partial charge in [-0.15, -0.1) is 0 Å². The van der Waals surface area contributed by atoms with Crippen LogP contribution in [0, 0.1) is 5.92 Å². The Morgan fingerprint density at radius 1 is 1.19 bits per heavy atom. The monoisotopic (exact) mass is 290 g/mol. The fourth-order valence-corrected chi connectivity index (χ4v) is 2.59. The highest BCUT2D eigenvalue weighted by molar-refractivity contribution is 5.89. The van der Waals surface area contributed by atoms with Crippen LogP contribution in [-0.4, -0.2) is 25.0 Å². The van der Waals surface area contributed by atoms with E-state index in [9.17, 15) is 9.59 Å². The zero-order valence-electron chi connectivity index (χ0n) is 12.3. The topological polar surface area (TPSA) is 81.4 Å². The maximum absolute atomic E-state index is 12.1. The van der Waals surface area contributed by atoms with Crippen LogP contribution in [0.1, 0.15) is 41.6 Å². The highest BCUT2D eigenvalue weighted by Crippen LogP contribution is 2.23. The Hall–Kier alpha value is -1.88. The van der Waals surface area contributed by atoms with Crippen molar-refractivity contribution in [2.24, 2.45) is 11.7 Å². The number of methoxy groups -OCH3 is 1. The van der Waals surface area contributed by atoms with Crippen molar-refractivity contribution >= 4 is 11.9 Å². The van der Waals surface area contributed by atoms with Gasteiger partial charge in [0.1, 0.15) is 0 Å². The number of ether oxygens (including phenoxy) is 1. The number of hydrogen-bond acceptors (Lipinski definition) is 4. The standard InChI is InChI=1S/C16H22N2O3/c1-21-16(20)13-4-2-11(3-5-13)10-18-15(19)12-6-8-14(17)9-7-12/h2-5,12,14H,6-10,17H2,1H3,(H,18,19)/t12-,14+. The second-order valence-electron chi connectivity index (χ2n) is 5.52. The van der Waals surface area contributed by atoms with Crippen LogP contribution in [0.5, 0.6) is 0 Å². The van der Waals surface area contributed by atoms with Crippen LogP contribution in [0.4, 0.5) is 0 Å². The minimum Gasteiger partial charge on any atom is -0.465 e. The van der Waals surface area contributed by atoms with E-state index in [1.165, 1.54) is 7.11 Å². The Bertz CT molecular complexity index is 491. The van der Waals surface area contributed by atoms with Crippen LogP contribution >= 0.6 is 0 Å². The molecule has 0 heterocycles. The summed E-state index contributed by atoms with van der Waals surface area (Å²) in [4.78, 5) is 23.4. The third-order valence-corrected chi connectivity index (χ3v) is 3.98. The molecule has 5 heteroatoms. The van der Waals surface area contributed by atoms with Crippen molar-refractivity contribution in [1.82, 2.24) is 5.32 Å². The molecule has 0 unspecified atom stereocenters. The Morgan fingerprint density at radius 3 is 2.38 bits per heavy atom. The lowest BCUT2D eigenvalue weighted by Gasteiger charge is -2.25. The minimum atomic E-state index is -0.357. The lowest BCUT2D eigenvalue weighted by atomic mass is 9.86. The van der Waals surface area contributed by atoms with Crippen LogP contribution in [-0.2, 0) is 16.1 Å². The molecule has 1 fully saturated rings. The summed E-state index contributed by atoms with van der Waals surface area (Å²) in [7, 11) is 1.35. The third-order valence-electron chi connectivity index (χ3n) is 3.98. The van der Waals surface area contributed by atoms with E-state index in [0.717, 1.165) is 31.2 Å². The first-order chi connectivity index (χ1) is 10.1. The van der Waals surface area contributed by atoms with Gasteiger partial charge < -0.3 is 15.8 Å². The summed E-state index contributed by atoms with van der Waals surface area (Å²) in [6.07, 6.45) is 3.58. The number of rotatable bonds is 4. The van der Waals surface area contributed by atoms with Crippen molar-refractivity contribution in [2.75, 3.05) is 7.11 Å². The summed E-state index contributed by atoms with van der Waals surface area (Å²) in [5.41, 5.74) is 7.31. The summed E-state index contributed by atoms with van der Waals surface area (Å²) < 4.78 is 4.64. The van der Waals surface area contributed by atoms with Crippen LogP contribution in [0.25, 0.3) is 0 Å². The van der Waals surface area contributed by atoms with Crippen molar-refractivity contribution in [3.05, 3.63) is 35.4 Å². The number of hydrogen-bond donors (Lipinski definition) is 2. The molecule has 0 aromatic heterocycles. The van der Waals surface area contributed by atoms with Crippen molar-refractivity contribution < 1.29 is 14.3 Å². The molecule has 1 aliphatic rings. The smallest absolute Gasteiger partial charge is 0.337 e. The third kappa shape index (κ3) is 4.29. The summed E-state index contributed by atoms with van der Waals surface area (Å²) in [6, 6.07) is 7.30. The quantitative estimate of drug-likeness (QED) is 0.825. The van der Waals surface area contributed by atoms with E-state index >= 15 is 0 Å². The van der Waals surface area contributed by atoms with Gasteiger partial charge in [-0.25, -0.2) is 4.79 Å². The maximum atomic E-state index is 12.1. The van der Waals surface area contributed by atoms with Crippen molar-refractivity contribution in [1.29, 1.82) is 0 Å². The molecule has 0 spiro atoms. The largest absolute Gasteiger partial charge is 0.465 e. The average Bonchev–Trinajstić information content (AvgIpc) is 2.53. The van der Waals surface area contributed by atoms with E-state index in [1.807, 2.05) is 12.1 Å². The molecule has 0 bridgehead atoms. The summed E-state index contributed by atoms with van der Waals surface area (Å²) in [6.45, 7) is 0.475. The molecule has 5 nitrogen and oxygen atoms in total. The van der Waals surface area contributed by atoms with Crippen LogP contribution < -0.4 is 11.1 Å². The van der Waals surface area contributed by atoms with E-state index in [1.54, 1.807) is 12.1 Å². The SMILES string of the molecule is COC(=O)c1ccc(CNC(=O)[C@H]2CC[C@@H](N)CC2)cc1. The molecule has 114 valence electrons. The first-order valence-electron chi connectivity index (χ1n) is 7.30. The molecule has 3 N–H and O–H groups in total. The lowest BCUT2D eigenvalue weighted by molar-refractivity contribution is -0.126. The maximum Gasteiger partial charge on any atom is 0.337 e. The number of amides is 1. The van der Waals surface area contributed by atoms with Crippen LogP contribution in [0.15, 0.2) is 24.3 Å². The number of carbonyl (C=O) groups excluding carboxylic acids is 2. The van der Waals surface area contributed by atoms with Gasteiger partial charge in [-0.2, -0.15) is 0 Å². The van der Waals surface area contributed by atoms with Crippen LogP contribution in [0.2, 0.25) is 0 Å². The van der Waals surface area contributed by atoms with E-state index in [2.05, 4.69) is 10.1 Å². The Labute approximate surface area is 124 Å². The van der Waals surface area contributed by atoms with Crippen molar-refractivity contribution in [3.63, 3.8) is 0 Å². The second kappa shape index (κ2) is 7.22. The van der Waals surface area contributed by atoms with Gasteiger partial charge in [-0.1, -0.05) is 12.1 Å². The van der Waals surface area contributed by atoms with Gasteiger partial charge in [0.25, 0.3) is 0 Å². The average molecular weight is 290 g/mol. The molecular formula is C16H22N2O3. The molecule has 2 rings (SSSR count). The second-order valence-corrected chi connectivity index (χ2v) is 5.52. The first-order valence-corrected chi connectivity index (χ1v) is 7.30. The van der Waals surface area contributed by atoms with Gasteiger partial charge in [0, 0.05) is 18.5 Å². The molecule has 1 aromatic carbocycles. The molecule has 21 heavy (non-hydrogen) atoms. The zero-order chi connectivity index (χ0) is 15.2. The number of carbonyl (C=O) groups is 2. The van der Waals surface area contributed by atoms with Gasteiger partial charge in [0.2, 0.25) is 5.91 Å². The van der Waals surface area contributed by atoms with Gasteiger partial charge >= 0.3 is 5.97 Å². The van der Waals surface area contributed by atoms with Gasteiger partial charge in [-0.3, -0.25) is 4.79 Å². The lowest BCUT2D eigenvalue weighted by Crippen LogP contribution is -2.35. The van der Waals surface area contributed by atoms with Gasteiger partial charge in [0.15, 0.2) is 0 Å². The zero-order valence-corrected chi connectivity index (χ0v) is 12.3. The summed E-state index contributed by atoms with van der Waals surface area (Å²) in [5, 5.41) is 2.95. The predicted molar refractivity (Wildman–Crippen MR) is 79.6 cm³/mol.